The molecular formula is C14H9FO2. The van der Waals surface area contributed by atoms with Gasteiger partial charge in [-0.05, 0) is 24.3 Å². The highest BCUT2D eigenvalue weighted by atomic mass is 19.1. The molecule has 0 fully saturated rings. The molecule has 0 saturated carbocycles. The van der Waals surface area contributed by atoms with Gasteiger partial charge in [0.2, 0.25) is 0 Å². The number of halogens is 1. The molecule has 84 valence electrons. The van der Waals surface area contributed by atoms with Crippen molar-refractivity contribution in [2.24, 2.45) is 0 Å². The van der Waals surface area contributed by atoms with Crippen LogP contribution in [0.2, 0.25) is 0 Å². The van der Waals surface area contributed by atoms with Crippen molar-refractivity contribution in [2.75, 3.05) is 0 Å². The molecule has 0 spiro atoms. The molecule has 0 aromatic heterocycles. The summed E-state index contributed by atoms with van der Waals surface area (Å²) in [6, 6.07) is 13.3. The Morgan fingerprint density at radius 3 is 2.41 bits per heavy atom. The monoisotopic (exact) mass is 228 g/mol. The van der Waals surface area contributed by atoms with Gasteiger partial charge in [0, 0.05) is 6.07 Å². The summed E-state index contributed by atoms with van der Waals surface area (Å²) >= 11 is 0. The normalized spacial score (nSPS) is 9.41. The van der Waals surface area contributed by atoms with Gasteiger partial charge in [-0.15, -0.1) is 0 Å². The average molecular weight is 228 g/mol. The quantitative estimate of drug-likeness (QED) is 0.747. The van der Waals surface area contributed by atoms with Crippen molar-refractivity contribution in [3.05, 3.63) is 54.3 Å². The Hall–Kier alpha value is -2.47. The molecule has 17 heavy (non-hydrogen) atoms. The number of para-hydroxylation sites is 1. The zero-order valence-electron chi connectivity index (χ0n) is 8.89. The van der Waals surface area contributed by atoms with Gasteiger partial charge in [-0.1, -0.05) is 24.6 Å². The first-order valence-electron chi connectivity index (χ1n) is 4.94. The first kappa shape index (κ1) is 11.0. The molecule has 0 radical (unpaired) electrons. The number of ether oxygens (including phenoxy) is 2. The van der Waals surface area contributed by atoms with Gasteiger partial charge in [-0.3, -0.25) is 0 Å². The predicted octanol–water partition coefficient (Wildman–Crippen LogP) is 3.59. The highest BCUT2D eigenvalue weighted by molar-refractivity contribution is 5.37. The lowest BCUT2D eigenvalue weighted by Crippen LogP contribution is -1.89. The Morgan fingerprint density at radius 1 is 1.00 bits per heavy atom. The summed E-state index contributed by atoms with van der Waals surface area (Å²) in [5.74, 6) is 0.472. The molecule has 0 saturated heterocycles. The highest BCUT2D eigenvalue weighted by Crippen LogP contribution is 2.26. The van der Waals surface area contributed by atoms with E-state index in [1.807, 2.05) is 24.3 Å². The summed E-state index contributed by atoms with van der Waals surface area (Å²) < 4.78 is 23.5. The van der Waals surface area contributed by atoms with Crippen LogP contribution in [0.15, 0.2) is 48.5 Å². The molecule has 2 rings (SSSR count). The Kier molecular flexibility index (Phi) is 3.27. The second-order valence-electron chi connectivity index (χ2n) is 3.23. The third-order valence-corrected chi connectivity index (χ3v) is 2.05. The third kappa shape index (κ3) is 2.76. The third-order valence-electron chi connectivity index (χ3n) is 2.05. The number of benzene rings is 2. The van der Waals surface area contributed by atoms with Crippen LogP contribution in [0.4, 0.5) is 4.39 Å². The second kappa shape index (κ2) is 5.04. The fourth-order valence-corrected chi connectivity index (χ4v) is 1.32. The fourth-order valence-electron chi connectivity index (χ4n) is 1.32. The van der Waals surface area contributed by atoms with Crippen molar-refractivity contribution in [1.29, 1.82) is 0 Å². The van der Waals surface area contributed by atoms with Crippen molar-refractivity contribution in [1.82, 2.24) is 0 Å². The van der Waals surface area contributed by atoms with E-state index >= 15 is 0 Å². The van der Waals surface area contributed by atoms with Crippen LogP contribution in [0.5, 0.6) is 17.2 Å². The molecule has 0 aliphatic rings. The van der Waals surface area contributed by atoms with Gasteiger partial charge in [-0.2, -0.15) is 0 Å². The highest BCUT2D eigenvalue weighted by Gasteiger charge is 2.05. The van der Waals surface area contributed by atoms with Crippen molar-refractivity contribution < 1.29 is 13.9 Å². The SMILES string of the molecule is C#COc1ccc(Oc2ccccc2)cc1F. The van der Waals surface area contributed by atoms with E-state index in [0.29, 0.717) is 11.5 Å². The molecule has 0 atom stereocenters. The van der Waals surface area contributed by atoms with E-state index in [4.69, 9.17) is 11.2 Å². The summed E-state index contributed by atoms with van der Waals surface area (Å²) in [4.78, 5) is 0. The molecule has 0 unspecified atom stereocenters. The first-order chi connectivity index (χ1) is 8.29. The largest absolute Gasteiger partial charge is 0.457 e. The standard InChI is InChI=1S/C14H9FO2/c1-2-16-14-9-8-12(10-13(14)15)17-11-6-4-3-5-7-11/h1,3-10H. The average Bonchev–Trinajstić information content (AvgIpc) is 2.34. The van der Waals surface area contributed by atoms with Crippen molar-refractivity contribution >= 4 is 0 Å². The lowest BCUT2D eigenvalue weighted by Gasteiger charge is -2.06. The lowest BCUT2D eigenvalue weighted by molar-refractivity contribution is 0.450. The van der Waals surface area contributed by atoms with E-state index in [9.17, 15) is 4.39 Å². The zero-order valence-corrected chi connectivity index (χ0v) is 8.89. The van der Waals surface area contributed by atoms with Crippen LogP contribution >= 0.6 is 0 Å². The second-order valence-corrected chi connectivity index (χ2v) is 3.23. The summed E-state index contributed by atoms with van der Waals surface area (Å²) in [6.45, 7) is 0. The van der Waals surface area contributed by atoms with Crippen LogP contribution in [0.3, 0.4) is 0 Å². The molecule has 0 aliphatic carbocycles. The van der Waals surface area contributed by atoms with Gasteiger partial charge in [0.05, 0.1) is 0 Å². The Morgan fingerprint density at radius 2 is 1.76 bits per heavy atom. The molecular weight excluding hydrogens is 219 g/mol. The number of terminal acetylenes is 1. The summed E-state index contributed by atoms with van der Waals surface area (Å²) in [7, 11) is 0. The van der Waals surface area contributed by atoms with E-state index < -0.39 is 5.82 Å². The molecule has 2 nitrogen and oxygen atoms in total. The molecule has 2 aromatic rings. The van der Waals surface area contributed by atoms with Gasteiger partial charge >= 0.3 is 0 Å². The maximum Gasteiger partial charge on any atom is 0.176 e. The van der Waals surface area contributed by atoms with Gasteiger partial charge < -0.3 is 9.47 Å². The van der Waals surface area contributed by atoms with E-state index in [-0.39, 0.29) is 5.75 Å². The Bertz CT molecular complexity index is 544. The smallest absolute Gasteiger partial charge is 0.176 e. The number of hydrogen-bond acceptors (Lipinski definition) is 2. The van der Waals surface area contributed by atoms with Gasteiger partial charge in [-0.25, -0.2) is 4.39 Å². The Balaban J connectivity index is 2.19. The van der Waals surface area contributed by atoms with E-state index in [1.165, 1.54) is 12.1 Å². The molecule has 0 N–H and O–H groups in total. The summed E-state index contributed by atoms with van der Waals surface area (Å²) in [6.07, 6.45) is 6.83. The molecule has 3 heteroatoms. The maximum absolute atomic E-state index is 13.4. The van der Waals surface area contributed by atoms with Crippen LogP contribution in [-0.4, -0.2) is 0 Å². The van der Waals surface area contributed by atoms with Gasteiger partial charge in [0.25, 0.3) is 0 Å². The van der Waals surface area contributed by atoms with Crippen molar-refractivity contribution in [3.63, 3.8) is 0 Å². The molecule has 0 amide bonds. The molecule has 0 aliphatic heterocycles. The lowest BCUT2D eigenvalue weighted by atomic mass is 10.3. The van der Waals surface area contributed by atoms with E-state index in [1.54, 1.807) is 18.2 Å². The van der Waals surface area contributed by atoms with Gasteiger partial charge in [0.1, 0.15) is 17.6 Å². The maximum atomic E-state index is 13.4. The molecule has 0 heterocycles. The number of rotatable bonds is 3. The number of hydrogen-bond donors (Lipinski definition) is 0. The van der Waals surface area contributed by atoms with Crippen LogP contribution in [0, 0.1) is 18.3 Å². The zero-order chi connectivity index (χ0) is 12.1. The topological polar surface area (TPSA) is 18.5 Å². The first-order valence-corrected chi connectivity index (χ1v) is 4.94. The molecule has 0 bridgehead atoms. The Labute approximate surface area is 98.6 Å². The minimum absolute atomic E-state index is 0.00733. The summed E-state index contributed by atoms with van der Waals surface area (Å²) in [5, 5.41) is 0. The van der Waals surface area contributed by atoms with E-state index in [0.717, 1.165) is 0 Å². The predicted molar refractivity (Wildman–Crippen MR) is 62.4 cm³/mol. The van der Waals surface area contributed by atoms with Crippen LogP contribution < -0.4 is 9.47 Å². The van der Waals surface area contributed by atoms with Crippen molar-refractivity contribution in [2.45, 2.75) is 0 Å². The van der Waals surface area contributed by atoms with E-state index in [2.05, 4.69) is 4.74 Å². The molecule has 2 aromatic carbocycles. The van der Waals surface area contributed by atoms with Crippen LogP contribution in [0.25, 0.3) is 0 Å². The summed E-state index contributed by atoms with van der Waals surface area (Å²) in [5.41, 5.74) is 0. The minimum Gasteiger partial charge on any atom is -0.457 e. The van der Waals surface area contributed by atoms with Gasteiger partial charge in [0.15, 0.2) is 11.6 Å². The van der Waals surface area contributed by atoms with Crippen LogP contribution in [0.1, 0.15) is 0 Å². The van der Waals surface area contributed by atoms with Crippen molar-refractivity contribution in [3.8, 4) is 29.8 Å². The van der Waals surface area contributed by atoms with Crippen LogP contribution in [-0.2, 0) is 0 Å². The minimum atomic E-state index is -0.559. The fraction of sp³-hybridized carbons (Fsp3) is 0.